The highest BCUT2D eigenvalue weighted by Crippen LogP contribution is 2.35. The number of morpholine rings is 1. The maximum atomic E-state index is 14.2. The number of nitrogens with one attached hydrogen (secondary N) is 1. The minimum Gasteiger partial charge on any atom is -0.378 e. The van der Waals surface area contributed by atoms with E-state index in [4.69, 9.17) is 9.72 Å². The van der Waals surface area contributed by atoms with E-state index in [1.165, 1.54) is 0 Å². The van der Waals surface area contributed by atoms with Crippen molar-refractivity contribution in [2.75, 3.05) is 49.2 Å². The molecule has 2 aliphatic heterocycles. The number of hydrogen-bond acceptors (Lipinski definition) is 6. The maximum Gasteiger partial charge on any atom is 0.131 e. The molecule has 0 radical (unpaired) electrons. The molecule has 0 aliphatic carbocycles. The van der Waals surface area contributed by atoms with E-state index in [1.54, 1.807) is 12.4 Å². The second kappa shape index (κ2) is 7.35. The van der Waals surface area contributed by atoms with Crippen LogP contribution in [-0.4, -0.2) is 65.7 Å². The summed E-state index contributed by atoms with van der Waals surface area (Å²) in [5.74, 6) is 0.889. The molecule has 1 unspecified atom stereocenters. The molecule has 0 bridgehead atoms. The monoisotopic (exact) mass is 382 g/mol. The molecule has 2 saturated heterocycles. The van der Waals surface area contributed by atoms with Gasteiger partial charge in [0.05, 0.1) is 24.6 Å². The molecule has 146 valence electrons. The first-order chi connectivity index (χ1) is 13.8. The van der Waals surface area contributed by atoms with Gasteiger partial charge in [-0.05, 0) is 25.0 Å². The molecule has 1 N–H and O–H groups in total. The molecule has 2 fully saturated rings. The highest BCUT2D eigenvalue weighted by atomic mass is 19.1. The standard InChI is InChI=1S/C20H23FN6O/c21-14-2-1-7-27(13-14)17-12-18(26-8-10-28-11-9-26)24-19-15(17)3-5-22-20(19)16-4-6-23-25-16/h3-6,12,14H,1-2,7-11,13H2,(H,23,25). The van der Waals surface area contributed by atoms with Crippen LogP contribution in [0.15, 0.2) is 30.6 Å². The lowest BCUT2D eigenvalue weighted by molar-refractivity contribution is 0.122. The Morgan fingerprint density at radius 2 is 2.00 bits per heavy atom. The molecule has 0 aromatic carbocycles. The van der Waals surface area contributed by atoms with Gasteiger partial charge < -0.3 is 14.5 Å². The van der Waals surface area contributed by atoms with Crippen LogP contribution in [0.5, 0.6) is 0 Å². The number of alkyl halides is 1. The first-order valence-electron chi connectivity index (χ1n) is 9.81. The number of fused-ring (bicyclic) bond motifs is 1. The van der Waals surface area contributed by atoms with Crippen LogP contribution in [0.2, 0.25) is 0 Å². The number of ether oxygens (including phenoxy) is 1. The van der Waals surface area contributed by atoms with Crippen molar-refractivity contribution in [2.45, 2.75) is 19.0 Å². The number of rotatable bonds is 3. The molecule has 2 aliphatic rings. The van der Waals surface area contributed by atoms with Gasteiger partial charge in [-0.15, -0.1) is 0 Å². The van der Waals surface area contributed by atoms with E-state index < -0.39 is 6.17 Å². The lowest BCUT2D eigenvalue weighted by Crippen LogP contribution is -2.38. The number of halogens is 1. The number of anilines is 2. The Kier molecular flexibility index (Phi) is 4.56. The summed E-state index contributed by atoms with van der Waals surface area (Å²) in [6.07, 6.45) is 4.20. The van der Waals surface area contributed by atoms with Crippen LogP contribution >= 0.6 is 0 Å². The lowest BCUT2D eigenvalue weighted by Gasteiger charge is -2.34. The Balaban J connectivity index is 1.69. The first kappa shape index (κ1) is 17.4. The van der Waals surface area contributed by atoms with Gasteiger partial charge >= 0.3 is 0 Å². The van der Waals surface area contributed by atoms with E-state index in [0.29, 0.717) is 26.2 Å². The summed E-state index contributed by atoms with van der Waals surface area (Å²) in [6, 6.07) is 5.97. The molecule has 3 aromatic rings. The van der Waals surface area contributed by atoms with Gasteiger partial charge in [0, 0.05) is 50.0 Å². The molecule has 0 amide bonds. The largest absolute Gasteiger partial charge is 0.378 e. The van der Waals surface area contributed by atoms with E-state index in [1.807, 2.05) is 12.1 Å². The minimum atomic E-state index is -0.794. The Hall–Kier alpha value is -2.74. The molecule has 28 heavy (non-hydrogen) atoms. The summed E-state index contributed by atoms with van der Waals surface area (Å²) in [7, 11) is 0. The zero-order chi connectivity index (χ0) is 18.9. The molecule has 8 heteroatoms. The normalized spacial score (nSPS) is 20.7. The maximum absolute atomic E-state index is 14.2. The van der Waals surface area contributed by atoms with Crippen LogP contribution in [0.3, 0.4) is 0 Å². The van der Waals surface area contributed by atoms with Crippen molar-refractivity contribution < 1.29 is 9.13 Å². The van der Waals surface area contributed by atoms with Gasteiger partial charge in [-0.2, -0.15) is 5.10 Å². The van der Waals surface area contributed by atoms with E-state index in [-0.39, 0.29) is 0 Å². The molecule has 5 rings (SSSR count). The van der Waals surface area contributed by atoms with E-state index in [0.717, 1.165) is 59.9 Å². The Labute approximate surface area is 162 Å². The van der Waals surface area contributed by atoms with E-state index in [2.05, 4.69) is 31.0 Å². The molecular weight excluding hydrogens is 359 g/mol. The molecule has 7 nitrogen and oxygen atoms in total. The van der Waals surface area contributed by atoms with Crippen LogP contribution in [-0.2, 0) is 4.74 Å². The van der Waals surface area contributed by atoms with Gasteiger partial charge in [-0.1, -0.05) is 0 Å². The van der Waals surface area contributed by atoms with Crippen LogP contribution < -0.4 is 9.80 Å². The number of H-pyrrole nitrogens is 1. The van der Waals surface area contributed by atoms with Gasteiger partial charge in [-0.25, -0.2) is 9.37 Å². The summed E-state index contributed by atoms with van der Waals surface area (Å²) in [4.78, 5) is 13.9. The van der Waals surface area contributed by atoms with Gasteiger partial charge in [0.25, 0.3) is 0 Å². The van der Waals surface area contributed by atoms with Gasteiger partial charge in [0.2, 0.25) is 0 Å². The smallest absolute Gasteiger partial charge is 0.131 e. The third-order valence-electron chi connectivity index (χ3n) is 5.49. The Bertz CT molecular complexity index is 957. The van der Waals surface area contributed by atoms with Crippen molar-refractivity contribution in [3.05, 3.63) is 30.6 Å². The number of aromatic nitrogens is 4. The number of piperidine rings is 1. The van der Waals surface area contributed by atoms with Crippen molar-refractivity contribution in [1.29, 1.82) is 0 Å². The quantitative estimate of drug-likeness (QED) is 0.751. The van der Waals surface area contributed by atoms with Crippen molar-refractivity contribution in [1.82, 2.24) is 20.2 Å². The molecule has 0 spiro atoms. The number of hydrogen-bond donors (Lipinski definition) is 1. The predicted octanol–water partition coefficient (Wildman–Crippen LogP) is 2.79. The highest BCUT2D eigenvalue weighted by molar-refractivity contribution is 6.00. The third kappa shape index (κ3) is 3.17. The van der Waals surface area contributed by atoms with Crippen LogP contribution in [0.1, 0.15) is 12.8 Å². The molecular formula is C20H23FN6O. The molecule has 3 aromatic heterocycles. The second-order valence-electron chi connectivity index (χ2n) is 7.31. The fraction of sp³-hybridized carbons (Fsp3) is 0.450. The summed E-state index contributed by atoms with van der Waals surface area (Å²) in [5.41, 5.74) is 3.43. The molecule has 5 heterocycles. The highest BCUT2D eigenvalue weighted by Gasteiger charge is 2.24. The van der Waals surface area contributed by atoms with Gasteiger partial charge in [-0.3, -0.25) is 10.1 Å². The SMILES string of the molecule is FC1CCCN(c2cc(N3CCOCC3)nc3c(-c4ccn[nH]4)nccc23)C1. The zero-order valence-corrected chi connectivity index (χ0v) is 15.6. The van der Waals surface area contributed by atoms with Crippen LogP contribution in [0.4, 0.5) is 15.9 Å². The Morgan fingerprint density at radius 3 is 2.79 bits per heavy atom. The minimum absolute atomic E-state index is 0.420. The Morgan fingerprint density at radius 1 is 1.11 bits per heavy atom. The van der Waals surface area contributed by atoms with Crippen molar-refractivity contribution in [3.8, 4) is 11.4 Å². The fourth-order valence-electron chi connectivity index (χ4n) is 4.07. The molecule has 1 atom stereocenters. The van der Waals surface area contributed by atoms with E-state index >= 15 is 0 Å². The number of aromatic amines is 1. The summed E-state index contributed by atoms with van der Waals surface area (Å²) in [5, 5.41) is 8.04. The lowest BCUT2D eigenvalue weighted by atomic mass is 10.1. The van der Waals surface area contributed by atoms with Gasteiger partial charge in [0.1, 0.15) is 23.2 Å². The van der Waals surface area contributed by atoms with Gasteiger partial charge in [0.15, 0.2) is 0 Å². The number of nitrogens with zero attached hydrogens (tertiary/aromatic N) is 5. The van der Waals surface area contributed by atoms with Crippen LogP contribution in [0, 0.1) is 0 Å². The summed E-state index contributed by atoms with van der Waals surface area (Å²) in [6.45, 7) is 4.23. The van der Waals surface area contributed by atoms with Crippen LogP contribution in [0.25, 0.3) is 22.3 Å². The second-order valence-corrected chi connectivity index (χ2v) is 7.31. The number of pyridine rings is 2. The summed E-state index contributed by atoms with van der Waals surface area (Å²) < 4.78 is 19.7. The van der Waals surface area contributed by atoms with Crippen molar-refractivity contribution >= 4 is 22.4 Å². The van der Waals surface area contributed by atoms with Crippen molar-refractivity contribution in [3.63, 3.8) is 0 Å². The average Bonchev–Trinajstić information content (AvgIpc) is 3.28. The van der Waals surface area contributed by atoms with Crippen molar-refractivity contribution in [2.24, 2.45) is 0 Å². The third-order valence-corrected chi connectivity index (χ3v) is 5.49. The molecule has 0 saturated carbocycles. The average molecular weight is 382 g/mol. The first-order valence-corrected chi connectivity index (χ1v) is 9.81. The predicted molar refractivity (Wildman–Crippen MR) is 106 cm³/mol. The fourth-order valence-corrected chi connectivity index (χ4v) is 4.07. The zero-order valence-electron chi connectivity index (χ0n) is 15.6. The van der Waals surface area contributed by atoms with E-state index in [9.17, 15) is 4.39 Å². The summed E-state index contributed by atoms with van der Waals surface area (Å²) >= 11 is 0. The topological polar surface area (TPSA) is 70.2 Å².